The summed E-state index contributed by atoms with van der Waals surface area (Å²) in [6.45, 7) is 4.20. The number of benzene rings is 2. The lowest BCUT2D eigenvalue weighted by atomic mass is 10.0. The standard InChI is InChI=1S/C31H43N3O4/c1-33(2)23-27-17-18-28(37-27)24-34(21-19-26-13-10-12-25-11-5-6-14-29(25)26)20-8-3-4-15-30(35)32-38-31-16-7-9-22-36-31/h5-6,10-14,17-18,31H,3-4,7-9,15-16,19-24H2,1-2H3,(H,32,35). The third-order valence-electron chi connectivity index (χ3n) is 6.97. The van der Waals surface area contributed by atoms with Gasteiger partial charge in [0.2, 0.25) is 5.91 Å². The Hall–Kier alpha value is -2.71. The lowest BCUT2D eigenvalue weighted by molar-refractivity contribution is -0.200. The van der Waals surface area contributed by atoms with E-state index in [0.29, 0.717) is 13.0 Å². The van der Waals surface area contributed by atoms with Crippen molar-refractivity contribution in [3.63, 3.8) is 0 Å². The summed E-state index contributed by atoms with van der Waals surface area (Å²) in [6.07, 6.45) is 6.97. The number of nitrogens with zero attached hydrogens (tertiary/aromatic N) is 2. The molecule has 4 rings (SSSR count). The molecule has 1 amide bonds. The van der Waals surface area contributed by atoms with Crippen LogP contribution in [0.3, 0.4) is 0 Å². The topological polar surface area (TPSA) is 67.2 Å². The second kappa shape index (κ2) is 15.0. The van der Waals surface area contributed by atoms with Gasteiger partial charge >= 0.3 is 0 Å². The second-order valence-corrected chi connectivity index (χ2v) is 10.5. The van der Waals surface area contributed by atoms with Gasteiger partial charge in [-0.1, -0.05) is 48.9 Å². The van der Waals surface area contributed by atoms with Crippen molar-refractivity contribution >= 4 is 16.7 Å². The van der Waals surface area contributed by atoms with Crippen molar-refractivity contribution in [2.24, 2.45) is 0 Å². The van der Waals surface area contributed by atoms with Crippen LogP contribution in [0.4, 0.5) is 0 Å². The Balaban J connectivity index is 1.26. The zero-order valence-electron chi connectivity index (χ0n) is 23.0. The average Bonchev–Trinajstić information content (AvgIpc) is 3.36. The third-order valence-corrected chi connectivity index (χ3v) is 6.97. The number of rotatable bonds is 15. The first-order chi connectivity index (χ1) is 18.6. The number of unbranched alkanes of at least 4 members (excludes halogenated alkanes) is 2. The Morgan fingerprint density at radius 3 is 2.58 bits per heavy atom. The molecular formula is C31H43N3O4. The molecular weight excluding hydrogens is 478 g/mol. The molecule has 206 valence electrons. The van der Waals surface area contributed by atoms with E-state index in [1.807, 2.05) is 0 Å². The van der Waals surface area contributed by atoms with Gasteiger partial charge in [-0.15, -0.1) is 0 Å². The lowest BCUT2D eigenvalue weighted by Crippen LogP contribution is -2.33. The minimum atomic E-state index is -0.303. The summed E-state index contributed by atoms with van der Waals surface area (Å²) in [5.74, 6) is 1.92. The van der Waals surface area contributed by atoms with E-state index in [-0.39, 0.29) is 12.2 Å². The number of amides is 1. The van der Waals surface area contributed by atoms with Crippen LogP contribution >= 0.6 is 0 Å². The number of hydrogen-bond donors (Lipinski definition) is 1. The fourth-order valence-corrected chi connectivity index (χ4v) is 4.97. The Morgan fingerprint density at radius 1 is 0.947 bits per heavy atom. The van der Waals surface area contributed by atoms with E-state index in [0.717, 1.165) is 82.6 Å². The molecule has 1 fully saturated rings. The lowest BCUT2D eigenvalue weighted by Gasteiger charge is -2.22. The van der Waals surface area contributed by atoms with Gasteiger partial charge in [0.25, 0.3) is 0 Å². The highest BCUT2D eigenvalue weighted by atomic mass is 16.8. The average molecular weight is 522 g/mol. The second-order valence-electron chi connectivity index (χ2n) is 10.5. The first-order valence-electron chi connectivity index (χ1n) is 14.0. The SMILES string of the molecule is CN(C)Cc1ccc(CN(CCCCCC(=O)NOC2CCCCO2)CCc2cccc3ccccc23)o1. The summed E-state index contributed by atoms with van der Waals surface area (Å²) in [5, 5.41) is 2.61. The van der Waals surface area contributed by atoms with Crippen molar-refractivity contribution in [3.8, 4) is 0 Å². The van der Waals surface area contributed by atoms with E-state index in [1.54, 1.807) is 0 Å². The van der Waals surface area contributed by atoms with E-state index in [2.05, 4.69) is 84.0 Å². The van der Waals surface area contributed by atoms with Gasteiger partial charge in [-0.05, 0) is 81.2 Å². The first-order valence-corrected chi connectivity index (χ1v) is 14.0. The van der Waals surface area contributed by atoms with Crippen molar-refractivity contribution in [1.82, 2.24) is 15.3 Å². The largest absolute Gasteiger partial charge is 0.463 e. The Kier molecular flexibility index (Phi) is 11.2. The molecule has 1 aliphatic heterocycles. The third kappa shape index (κ3) is 9.24. The molecule has 1 atom stereocenters. The Bertz CT molecular complexity index is 1120. The molecule has 0 spiro atoms. The predicted octanol–water partition coefficient (Wildman–Crippen LogP) is 5.67. The molecule has 1 unspecified atom stereocenters. The van der Waals surface area contributed by atoms with Crippen LogP contribution in [0, 0.1) is 0 Å². The van der Waals surface area contributed by atoms with E-state index in [4.69, 9.17) is 14.0 Å². The zero-order chi connectivity index (χ0) is 26.6. The van der Waals surface area contributed by atoms with Crippen LogP contribution in [-0.4, -0.2) is 55.8 Å². The highest BCUT2D eigenvalue weighted by Gasteiger charge is 2.16. The maximum Gasteiger partial charge on any atom is 0.243 e. The van der Waals surface area contributed by atoms with Gasteiger partial charge < -0.3 is 14.1 Å². The van der Waals surface area contributed by atoms with E-state index >= 15 is 0 Å². The van der Waals surface area contributed by atoms with Gasteiger partial charge in [0.15, 0.2) is 6.29 Å². The van der Waals surface area contributed by atoms with Crippen molar-refractivity contribution in [3.05, 3.63) is 71.7 Å². The predicted molar refractivity (Wildman–Crippen MR) is 150 cm³/mol. The minimum absolute atomic E-state index is 0.0732. The number of carbonyl (C=O) groups excluding carboxylic acids is 1. The van der Waals surface area contributed by atoms with Crippen molar-refractivity contribution in [2.75, 3.05) is 33.8 Å². The smallest absolute Gasteiger partial charge is 0.243 e. The summed E-state index contributed by atoms with van der Waals surface area (Å²) in [7, 11) is 4.10. The zero-order valence-corrected chi connectivity index (χ0v) is 23.0. The molecule has 1 N–H and O–H groups in total. The van der Waals surface area contributed by atoms with Gasteiger partial charge in [-0.25, -0.2) is 10.3 Å². The van der Waals surface area contributed by atoms with Gasteiger partial charge in [0.1, 0.15) is 11.5 Å². The molecule has 7 heteroatoms. The number of hydrogen-bond acceptors (Lipinski definition) is 6. The fraction of sp³-hybridized carbons (Fsp3) is 0.516. The summed E-state index contributed by atoms with van der Waals surface area (Å²) >= 11 is 0. The van der Waals surface area contributed by atoms with Crippen LogP contribution < -0.4 is 5.48 Å². The maximum absolute atomic E-state index is 12.2. The molecule has 0 radical (unpaired) electrons. The van der Waals surface area contributed by atoms with Crippen molar-refractivity contribution in [1.29, 1.82) is 0 Å². The molecule has 2 aromatic carbocycles. The molecule has 3 aromatic rings. The van der Waals surface area contributed by atoms with E-state index < -0.39 is 0 Å². The highest BCUT2D eigenvalue weighted by molar-refractivity contribution is 5.85. The summed E-state index contributed by atoms with van der Waals surface area (Å²) in [6, 6.07) is 19.3. The van der Waals surface area contributed by atoms with E-state index in [1.165, 1.54) is 16.3 Å². The molecule has 1 aliphatic rings. The molecule has 7 nitrogen and oxygen atoms in total. The number of carbonyl (C=O) groups is 1. The number of ether oxygens (including phenoxy) is 1. The molecule has 0 saturated carbocycles. The molecule has 1 aromatic heterocycles. The normalized spacial score (nSPS) is 15.9. The number of fused-ring (bicyclic) bond motifs is 1. The van der Waals surface area contributed by atoms with Crippen LogP contribution in [0.1, 0.15) is 62.0 Å². The summed E-state index contributed by atoms with van der Waals surface area (Å²) in [4.78, 5) is 22.1. The first kappa shape index (κ1) is 28.3. The van der Waals surface area contributed by atoms with Gasteiger partial charge in [0.05, 0.1) is 13.1 Å². The quantitative estimate of drug-likeness (QED) is 0.205. The molecule has 1 saturated heterocycles. The van der Waals surface area contributed by atoms with Crippen LogP contribution in [0.25, 0.3) is 10.8 Å². The van der Waals surface area contributed by atoms with E-state index in [9.17, 15) is 4.79 Å². The fourth-order valence-electron chi connectivity index (χ4n) is 4.97. The molecule has 2 heterocycles. The number of furan rings is 1. The highest BCUT2D eigenvalue weighted by Crippen LogP contribution is 2.20. The molecule has 38 heavy (non-hydrogen) atoms. The monoisotopic (exact) mass is 521 g/mol. The molecule has 0 bridgehead atoms. The molecule has 0 aliphatic carbocycles. The maximum atomic E-state index is 12.2. The number of nitrogens with one attached hydrogen (secondary N) is 1. The van der Waals surface area contributed by atoms with Crippen LogP contribution in [0.5, 0.6) is 0 Å². The van der Waals surface area contributed by atoms with Crippen LogP contribution in [0.15, 0.2) is 59.0 Å². The van der Waals surface area contributed by atoms with Crippen molar-refractivity contribution in [2.45, 2.75) is 70.7 Å². The minimum Gasteiger partial charge on any atom is -0.463 e. The van der Waals surface area contributed by atoms with Crippen LogP contribution in [0.2, 0.25) is 0 Å². The Labute approximate surface area is 227 Å². The van der Waals surface area contributed by atoms with Crippen LogP contribution in [-0.2, 0) is 33.9 Å². The Morgan fingerprint density at radius 2 is 1.76 bits per heavy atom. The van der Waals surface area contributed by atoms with Gasteiger partial charge in [-0.2, -0.15) is 0 Å². The van der Waals surface area contributed by atoms with Gasteiger partial charge in [-0.3, -0.25) is 9.69 Å². The van der Waals surface area contributed by atoms with Gasteiger partial charge in [0, 0.05) is 26.0 Å². The number of hydroxylamine groups is 1. The summed E-state index contributed by atoms with van der Waals surface area (Å²) < 4.78 is 11.6. The summed E-state index contributed by atoms with van der Waals surface area (Å²) in [5.41, 5.74) is 3.94. The van der Waals surface area contributed by atoms with Crippen molar-refractivity contribution < 1.29 is 18.8 Å².